The zero-order valence-corrected chi connectivity index (χ0v) is 17.0. The van der Waals surface area contributed by atoms with E-state index in [1.165, 1.54) is 6.07 Å². The number of carbonyl (C=O) groups excluding carboxylic acids is 4. The summed E-state index contributed by atoms with van der Waals surface area (Å²) >= 11 is 0. The van der Waals surface area contributed by atoms with Gasteiger partial charge < -0.3 is 20.2 Å². The average Bonchev–Trinajstić information content (AvgIpc) is 3.31. The van der Waals surface area contributed by atoms with E-state index in [-0.39, 0.29) is 29.0 Å². The molecule has 0 aromatic heterocycles. The quantitative estimate of drug-likeness (QED) is 0.715. The minimum absolute atomic E-state index is 0.0750. The second-order valence-electron chi connectivity index (χ2n) is 8.21. The lowest BCUT2D eigenvalue weighted by atomic mass is 9.97. The molecule has 2 N–H and O–H groups in total. The molecule has 2 saturated heterocycles. The first-order valence-electron chi connectivity index (χ1n) is 10.4. The highest BCUT2D eigenvalue weighted by Gasteiger charge is 2.54. The normalized spacial score (nSPS) is 21.8. The molecule has 1 aliphatic carbocycles. The van der Waals surface area contributed by atoms with Gasteiger partial charge in [-0.3, -0.25) is 14.4 Å². The van der Waals surface area contributed by atoms with Crippen LogP contribution in [0.4, 0.5) is 4.79 Å². The van der Waals surface area contributed by atoms with Crippen LogP contribution in [0.5, 0.6) is 5.75 Å². The van der Waals surface area contributed by atoms with E-state index in [1.54, 1.807) is 34.9 Å². The van der Waals surface area contributed by atoms with Crippen LogP contribution in [0.2, 0.25) is 0 Å². The lowest BCUT2D eigenvalue weighted by Crippen LogP contribution is -2.56. The van der Waals surface area contributed by atoms with Gasteiger partial charge in [0.15, 0.2) is 0 Å². The molecule has 2 aliphatic heterocycles. The molecule has 1 atom stereocenters. The Bertz CT molecular complexity index is 887. The number of hydrogen-bond acceptors (Lipinski definition) is 5. The SMILES string of the molecule is CC(C(=O)N1CCN(C(=O)c2ccccc2O)CC1)N1C(=O)NC2(CCCC2)C1=O. The van der Waals surface area contributed by atoms with E-state index in [1.807, 2.05) is 0 Å². The van der Waals surface area contributed by atoms with Crippen LogP contribution in [0.1, 0.15) is 43.0 Å². The van der Waals surface area contributed by atoms with Crippen LogP contribution in [-0.2, 0) is 9.59 Å². The van der Waals surface area contributed by atoms with Crippen molar-refractivity contribution in [2.24, 2.45) is 0 Å². The maximum absolute atomic E-state index is 13.0. The summed E-state index contributed by atoms with van der Waals surface area (Å²) in [4.78, 5) is 55.2. The molecule has 1 aromatic rings. The number of aromatic hydroxyl groups is 1. The summed E-state index contributed by atoms with van der Waals surface area (Å²) in [5.41, 5.74) is -0.610. The summed E-state index contributed by atoms with van der Waals surface area (Å²) in [5.74, 6) is -0.970. The molecule has 5 amide bonds. The number of carbonyl (C=O) groups is 4. The number of urea groups is 1. The van der Waals surface area contributed by atoms with Gasteiger partial charge in [-0.15, -0.1) is 0 Å². The third-order valence-corrected chi connectivity index (χ3v) is 6.41. The van der Waals surface area contributed by atoms with Gasteiger partial charge in [-0.2, -0.15) is 0 Å². The maximum Gasteiger partial charge on any atom is 0.325 e. The van der Waals surface area contributed by atoms with Crippen molar-refractivity contribution in [1.82, 2.24) is 20.0 Å². The van der Waals surface area contributed by atoms with E-state index in [9.17, 15) is 24.3 Å². The van der Waals surface area contributed by atoms with Crippen LogP contribution in [0.3, 0.4) is 0 Å². The molecule has 1 spiro atoms. The number of piperazine rings is 1. The number of nitrogens with zero attached hydrogens (tertiary/aromatic N) is 3. The second kappa shape index (κ2) is 7.62. The molecule has 30 heavy (non-hydrogen) atoms. The molecular weight excluding hydrogens is 388 g/mol. The molecule has 2 heterocycles. The Hall–Kier alpha value is -3.10. The highest BCUT2D eigenvalue weighted by Crippen LogP contribution is 2.36. The third kappa shape index (κ3) is 3.28. The highest BCUT2D eigenvalue weighted by molar-refractivity contribution is 6.10. The minimum Gasteiger partial charge on any atom is -0.507 e. The van der Waals surface area contributed by atoms with E-state index < -0.39 is 17.6 Å². The molecule has 9 heteroatoms. The van der Waals surface area contributed by atoms with Crippen molar-refractivity contribution in [3.05, 3.63) is 29.8 Å². The summed E-state index contributed by atoms with van der Waals surface area (Å²) in [6.07, 6.45) is 2.99. The van der Waals surface area contributed by atoms with Crippen LogP contribution in [0.25, 0.3) is 0 Å². The number of nitrogens with one attached hydrogen (secondary N) is 1. The van der Waals surface area contributed by atoms with Gasteiger partial charge in [-0.05, 0) is 31.9 Å². The lowest BCUT2D eigenvalue weighted by Gasteiger charge is -2.37. The van der Waals surface area contributed by atoms with Crippen LogP contribution >= 0.6 is 0 Å². The Kier molecular flexibility index (Phi) is 5.13. The number of para-hydroxylation sites is 1. The van der Waals surface area contributed by atoms with Gasteiger partial charge >= 0.3 is 6.03 Å². The van der Waals surface area contributed by atoms with Crippen molar-refractivity contribution < 1.29 is 24.3 Å². The standard InChI is InChI=1S/C21H26N4O5/c1-14(25-19(29)21(22-20(25)30)8-4-5-9-21)17(27)23-10-12-24(13-11-23)18(28)15-6-2-3-7-16(15)26/h2-3,6-7,14,26H,4-5,8-13H2,1H3,(H,22,30). The van der Waals surface area contributed by atoms with E-state index in [2.05, 4.69) is 5.32 Å². The zero-order valence-electron chi connectivity index (χ0n) is 17.0. The average molecular weight is 414 g/mol. The molecule has 0 bridgehead atoms. The van der Waals surface area contributed by atoms with E-state index in [0.29, 0.717) is 39.0 Å². The Balaban J connectivity index is 1.38. The number of benzene rings is 1. The number of hydrogen-bond donors (Lipinski definition) is 2. The fourth-order valence-electron chi connectivity index (χ4n) is 4.64. The highest BCUT2D eigenvalue weighted by atomic mass is 16.3. The van der Waals surface area contributed by atoms with Crippen molar-refractivity contribution in [3.8, 4) is 5.75 Å². The van der Waals surface area contributed by atoms with Crippen molar-refractivity contribution in [3.63, 3.8) is 0 Å². The number of imide groups is 1. The summed E-state index contributed by atoms with van der Waals surface area (Å²) in [5, 5.41) is 12.7. The zero-order chi connectivity index (χ0) is 21.5. The van der Waals surface area contributed by atoms with Crippen molar-refractivity contribution in [2.45, 2.75) is 44.2 Å². The molecule has 1 unspecified atom stereocenters. The van der Waals surface area contributed by atoms with Gasteiger partial charge in [-0.1, -0.05) is 25.0 Å². The lowest BCUT2D eigenvalue weighted by molar-refractivity contribution is -0.143. The Morgan fingerprint density at radius 2 is 1.63 bits per heavy atom. The van der Waals surface area contributed by atoms with Gasteiger partial charge in [0.2, 0.25) is 5.91 Å². The van der Waals surface area contributed by atoms with Crippen molar-refractivity contribution >= 4 is 23.8 Å². The largest absolute Gasteiger partial charge is 0.507 e. The van der Waals surface area contributed by atoms with Crippen LogP contribution in [-0.4, -0.2) is 81.3 Å². The Labute approximate surface area is 174 Å². The topological polar surface area (TPSA) is 110 Å². The number of phenols is 1. The van der Waals surface area contributed by atoms with Gasteiger partial charge in [0, 0.05) is 26.2 Å². The number of phenolic OH excluding ortho intramolecular Hbond substituents is 1. The molecule has 0 radical (unpaired) electrons. The van der Waals surface area contributed by atoms with Gasteiger partial charge in [0.25, 0.3) is 11.8 Å². The third-order valence-electron chi connectivity index (χ3n) is 6.41. The summed E-state index contributed by atoms with van der Waals surface area (Å²) in [6.45, 7) is 2.81. The first-order chi connectivity index (χ1) is 14.3. The predicted molar refractivity (Wildman–Crippen MR) is 107 cm³/mol. The molecule has 1 saturated carbocycles. The van der Waals surface area contributed by atoms with Crippen molar-refractivity contribution in [2.75, 3.05) is 26.2 Å². The monoisotopic (exact) mass is 414 g/mol. The molecule has 9 nitrogen and oxygen atoms in total. The molecular formula is C21H26N4O5. The maximum atomic E-state index is 13.0. The van der Waals surface area contributed by atoms with Crippen LogP contribution in [0, 0.1) is 0 Å². The molecule has 3 aliphatic rings. The summed E-state index contributed by atoms with van der Waals surface area (Å²) < 4.78 is 0. The fourth-order valence-corrected chi connectivity index (χ4v) is 4.64. The number of rotatable bonds is 3. The van der Waals surface area contributed by atoms with Crippen molar-refractivity contribution in [1.29, 1.82) is 0 Å². The smallest absolute Gasteiger partial charge is 0.325 e. The summed E-state index contributed by atoms with van der Waals surface area (Å²) in [6, 6.07) is 4.96. The van der Waals surface area contributed by atoms with E-state index in [4.69, 9.17) is 0 Å². The van der Waals surface area contributed by atoms with Gasteiger partial charge in [0.1, 0.15) is 17.3 Å². The first kappa shape index (κ1) is 20.2. The molecule has 1 aromatic carbocycles. The summed E-state index contributed by atoms with van der Waals surface area (Å²) in [7, 11) is 0. The Morgan fingerprint density at radius 3 is 2.27 bits per heavy atom. The number of amides is 5. The van der Waals surface area contributed by atoms with E-state index in [0.717, 1.165) is 17.7 Å². The van der Waals surface area contributed by atoms with E-state index >= 15 is 0 Å². The van der Waals surface area contributed by atoms with Gasteiger partial charge in [0.05, 0.1) is 5.56 Å². The fraction of sp³-hybridized carbons (Fsp3) is 0.524. The predicted octanol–water partition coefficient (Wildman–Crippen LogP) is 0.930. The first-order valence-corrected chi connectivity index (χ1v) is 10.4. The van der Waals surface area contributed by atoms with Crippen LogP contribution in [0.15, 0.2) is 24.3 Å². The molecule has 3 fully saturated rings. The minimum atomic E-state index is -0.891. The molecule has 4 rings (SSSR count). The Morgan fingerprint density at radius 1 is 1.03 bits per heavy atom. The molecule has 160 valence electrons. The van der Waals surface area contributed by atoms with Crippen LogP contribution < -0.4 is 5.32 Å². The second-order valence-corrected chi connectivity index (χ2v) is 8.21. The van der Waals surface area contributed by atoms with Gasteiger partial charge in [-0.25, -0.2) is 9.69 Å².